The van der Waals surface area contributed by atoms with Gasteiger partial charge in [-0.05, 0) is 11.4 Å². The first-order valence-electron chi connectivity index (χ1n) is 5.63. The smallest absolute Gasteiger partial charge is 0.211 e. The van der Waals surface area contributed by atoms with Crippen molar-refractivity contribution in [2.45, 2.75) is 11.7 Å². The summed E-state index contributed by atoms with van der Waals surface area (Å²) in [6.45, 7) is 0.931. The molecule has 0 saturated heterocycles. The van der Waals surface area contributed by atoms with Gasteiger partial charge in [0, 0.05) is 23.2 Å². The highest BCUT2D eigenvalue weighted by Crippen LogP contribution is 2.33. The van der Waals surface area contributed by atoms with Crippen LogP contribution in [0.4, 0.5) is 0 Å². The number of aromatic nitrogens is 2. The Hall–Kier alpha value is -1.80. The Morgan fingerprint density at radius 1 is 1.47 bits per heavy atom. The third-order valence-corrected chi connectivity index (χ3v) is 4.31. The van der Waals surface area contributed by atoms with Crippen LogP contribution in [0.1, 0.15) is 5.69 Å². The molecule has 2 aromatic heterocycles. The van der Waals surface area contributed by atoms with E-state index in [2.05, 4.69) is 25.1 Å². The fraction of sp³-hybridized carbons (Fsp3) is 0.182. The van der Waals surface area contributed by atoms with Crippen LogP contribution in [0, 0.1) is 0 Å². The molecule has 6 nitrogen and oxygen atoms in total. The van der Waals surface area contributed by atoms with E-state index >= 15 is 0 Å². The number of imidazole rings is 1. The molecule has 0 spiro atoms. The zero-order valence-corrected chi connectivity index (χ0v) is 11.6. The number of guanidine groups is 1. The number of hydrogen-bond acceptors (Lipinski definition) is 5. The lowest BCUT2D eigenvalue weighted by molar-refractivity contribution is 0.715. The summed E-state index contributed by atoms with van der Waals surface area (Å²) in [5.41, 5.74) is 13.5. The van der Waals surface area contributed by atoms with E-state index in [1.165, 1.54) is 0 Å². The Bertz CT molecular complexity index is 636. The third-order valence-electron chi connectivity index (χ3n) is 2.67. The van der Waals surface area contributed by atoms with Gasteiger partial charge in [0.15, 0.2) is 5.16 Å². The van der Waals surface area contributed by atoms with Crippen LogP contribution in [0.2, 0.25) is 0 Å². The van der Waals surface area contributed by atoms with Crippen molar-refractivity contribution in [1.29, 1.82) is 0 Å². The van der Waals surface area contributed by atoms with Crippen LogP contribution >= 0.6 is 23.1 Å². The zero-order chi connectivity index (χ0) is 13.2. The molecule has 19 heavy (non-hydrogen) atoms. The molecule has 0 fully saturated rings. The van der Waals surface area contributed by atoms with Gasteiger partial charge >= 0.3 is 0 Å². The Kier molecular flexibility index (Phi) is 3.26. The maximum Gasteiger partial charge on any atom is 0.211 e. The van der Waals surface area contributed by atoms with Crippen LogP contribution in [-0.4, -0.2) is 27.5 Å². The minimum atomic E-state index is -0.0520. The predicted octanol–water partition coefficient (Wildman–Crippen LogP) is 1.32. The first kappa shape index (κ1) is 12.2. The van der Waals surface area contributed by atoms with Crippen LogP contribution in [0.5, 0.6) is 0 Å². The number of hydrogen-bond donors (Lipinski definition) is 2. The summed E-state index contributed by atoms with van der Waals surface area (Å²) < 4.78 is 2.14. The van der Waals surface area contributed by atoms with Crippen LogP contribution in [0.25, 0.3) is 11.3 Å². The molecule has 0 atom stereocenters. The molecule has 0 bridgehead atoms. The quantitative estimate of drug-likeness (QED) is 0.507. The van der Waals surface area contributed by atoms with Crippen molar-refractivity contribution in [3.63, 3.8) is 0 Å². The van der Waals surface area contributed by atoms with Gasteiger partial charge < -0.3 is 16.0 Å². The fourth-order valence-electron chi connectivity index (χ4n) is 1.89. The summed E-state index contributed by atoms with van der Waals surface area (Å²) >= 11 is 3.39. The minimum Gasteiger partial charge on any atom is -0.369 e. The van der Waals surface area contributed by atoms with Gasteiger partial charge in [-0.1, -0.05) is 11.8 Å². The molecule has 0 aromatic carbocycles. The molecular formula is C11H12N6S2. The minimum absolute atomic E-state index is 0.0520. The lowest BCUT2D eigenvalue weighted by atomic mass is 10.2. The second-order valence-electron chi connectivity index (χ2n) is 3.91. The number of fused-ring (bicyclic) bond motifs is 1. The van der Waals surface area contributed by atoms with Gasteiger partial charge in [-0.3, -0.25) is 0 Å². The largest absolute Gasteiger partial charge is 0.369 e. The van der Waals surface area contributed by atoms with Gasteiger partial charge in [0.2, 0.25) is 5.96 Å². The van der Waals surface area contributed by atoms with E-state index in [0.717, 1.165) is 34.4 Å². The summed E-state index contributed by atoms with van der Waals surface area (Å²) in [5.74, 6) is 0.985. The van der Waals surface area contributed by atoms with Crippen LogP contribution in [-0.2, 0) is 6.54 Å². The number of nitrogens with two attached hydrogens (primary N) is 2. The standard InChI is InChI=1S/C11H12N6S2/c12-10(13)16-14-5-8-9(7-1-3-18-6-7)15-11-17(8)2-4-19-11/h1,3,5-6H,2,4H2,(H4,12,13,16)/b14-5+. The SMILES string of the molecule is NC(N)=N/N=C/c1c(-c2ccsc2)nc2n1CCS2. The molecule has 0 aliphatic carbocycles. The molecule has 0 radical (unpaired) electrons. The highest BCUT2D eigenvalue weighted by Gasteiger charge is 2.21. The number of thioether (sulfide) groups is 1. The van der Waals surface area contributed by atoms with Crippen LogP contribution < -0.4 is 11.5 Å². The summed E-state index contributed by atoms with van der Waals surface area (Å²) in [6, 6.07) is 2.05. The zero-order valence-electron chi connectivity index (χ0n) is 9.98. The Morgan fingerprint density at radius 2 is 2.37 bits per heavy atom. The molecule has 1 aliphatic heterocycles. The van der Waals surface area contributed by atoms with Crippen LogP contribution in [0.15, 0.2) is 32.2 Å². The summed E-state index contributed by atoms with van der Waals surface area (Å²) in [7, 11) is 0. The van der Waals surface area contributed by atoms with Gasteiger partial charge in [-0.2, -0.15) is 16.4 Å². The molecular weight excluding hydrogens is 280 g/mol. The Morgan fingerprint density at radius 3 is 3.11 bits per heavy atom. The molecule has 1 aliphatic rings. The van der Waals surface area contributed by atoms with Crippen LogP contribution in [0.3, 0.4) is 0 Å². The average molecular weight is 292 g/mol. The van der Waals surface area contributed by atoms with E-state index in [1.807, 2.05) is 11.4 Å². The van der Waals surface area contributed by atoms with Gasteiger partial charge in [-0.25, -0.2) is 4.98 Å². The highest BCUT2D eigenvalue weighted by molar-refractivity contribution is 7.99. The molecule has 0 amide bonds. The molecule has 8 heteroatoms. The lowest BCUT2D eigenvalue weighted by Crippen LogP contribution is -2.21. The second kappa shape index (κ2) is 5.06. The van der Waals surface area contributed by atoms with E-state index in [4.69, 9.17) is 11.5 Å². The summed E-state index contributed by atoms with van der Waals surface area (Å²) in [4.78, 5) is 4.66. The van der Waals surface area contributed by atoms with E-state index in [0.29, 0.717) is 0 Å². The van der Waals surface area contributed by atoms with E-state index in [1.54, 1.807) is 29.3 Å². The predicted molar refractivity (Wildman–Crippen MR) is 79.7 cm³/mol. The first-order chi connectivity index (χ1) is 9.25. The molecule has 0 unspecified atom stereocenters. The van der Waals surface area contributed by atoms with Crippen molar-refractivity contribution in [2.75, 3.05) is 5.75 Å². The van der Waals surface area contributed by atoms with Crippen molar-refractivity contribution < 1.29 is 0 Å². The van der Waals surface area contributed by atoms with E-state index in [-0.39, 0.29) is 5.96 Å². The van der Waals surface area contributed by atoms with Crippen molar-refractivity contribution >= 4 is 35.3 Å². The van der Waals surface area contributed by atoms with Crippen molar-refractivity contribution in [3.8, 4) is 11.3 Å². The third kappa shape index (κ3) is 2.36. The molecule has 4 N–H and O–H groups in total. The van der Waals surface area contributed by atoms with Crippen molar-refractivity contribution in [2.24, 2.45) is 21.7 Å². The second-order valence-corrected chi connectivity index (χ2v) is 5.75. The van der Waals surface area contributed by atoms with Gasteiger partial charge in [-0.15, -0.1) is 5.10 Å². The number of thiophene rings is 1. The Balaban J connectivity index is 2.05. The van der Waals surface area contributed by atoms with Crippen molar-refractivity contribution in [1.82, 2.24) is 9.55 Å². The van der Waals surface area contributed by atoms with E-state index in [9.17, 15) is 0 Å². The van der Waals surface area contributed by atoms with Gasteiger partial charge in [0.05, 0.1) is 17.6 Å². The van der Waals surface area contributed by atoms with Crippen molar-refractivity contribution in [3.05, 3.63) is 22.5 Å². The van der Waals surface area contributed by atoms with Gasteiger partial charge in [0.25, 0.3) is 0 Å². The molecule has 0 saturated carbocycles. The average Bonchev–Trinajstić information content (AvgIpc) is 3.03. The lowest BCUT2D eigenvalue weighted by Gasteiger charge is -2.00. The summed E-state index contributed by atoms with van der Waals surface area (Å²) in [6.07, 6.45) is 1.66. The highest BCUT2D eigenvalue weighted by atomic mass is 32.2. The normalized spacial score (nSPS) is 13.9. The molecule has 2 aromatic rings. The maximum absolute atomic E-state index is 5.27. The number of rotatable bonds is 3. The monoisotopic (exact) mass is 292 g/mol. The maximum atomic E-state index is 5.27. The summed E-state index contributed by atoms with van der Waals surface area (Å²) in [5, 5.41) is 12.7. The molecule has 3 heterocycles. The first-order valence-corrected chi connectivity index (χ1v) is 7.56. The molecule has 3 rings (SSSR count). The molecule has 98 valence electrons. The Labute approximate surface area is 118 Å². The number of nitrogens with zero attached hydrogens (tertiary/aromatic N) is 4. The topological polar surface area (TPSA) is 94.6 Å². The van der Waals surface area contributed by atoms with Gasteiger partial charge in [0.1, 0.15) is 0 Å². The van der Waals surface area contributed by atoms with E-state index < -0.39 is 0 Å². The fourth-order valence-corrected chi connectivity index (χ4v) is 3.49.